The Balaban J connectivity index is 2.10. The van der Waals surface area contributed by atoms with Crippen molar-refractivity contribution in [1.82, 2.24) is 9.97 Å². The second-order valence-corrected chi connectivity index (χ2v) is 4.50. The Kier molecular flexibility index (Phi) is 5.30. The minimum absolute atomic E-state index is 0.324. The zero-order chi connectivity index (χ0) is 15.9. The molecule has 0 bridgehead atoms. The zero-order valence-electron chi connectivity index (χ0n) is 12.9. The number of nitrogens with zero attached hydrogens (tertiary/aromatic N) is 2. The van der Waals surface area contributed by atoms with E-state index >= 15 is 0 Å². The van der Waals surface area contributed by atoms with Gasteiger partial charge in [0.2, 0.25) is 5.95 Å². The fraction of sp³-hybridized carbons (Fsp3) is 0.312. The number of esters is 1. The second-order valence-electron chi connectivity index (χ2n) is 4.50. The molecule has 1 aromatic heterocycles. The van der Waals surface area contributed by atoms with Crippen LogP contribution in [0.25, 0.3) is 0 Å². The van der Waals surface area contributed by atoms with E-state index in [9.17, 15) is 4.79 Å². The smallest absolute Gasteiger partial charge is 0.341 e. The molecule has 1 aromatic carbocycles. The van der Waals surface area contributed by atoms with Gasteiger partial charge in [0.25, 0.3) is 0 Å². The number of aromatic nitrogens is 2. The van der Waals surface area contributed by atoms with Gasteiger partial charge in [-0.3, -0.25) is 0 Å². The number of anilines is 2. The monoisotopic (exact) mass is 301 g/mol. The predicted octanol–water partition coefficient (Wildman–Crippen LogP) is 3.10. The molecule has 0 unspecified atom stereocenters. The van der Waals surface area contributed by atoms with E-state index in [0.29, 0.717) is 30.4 Å². The Morgan fingerprint density at radius 1 is 1.18 bits per heavy atom. The third-order valence-electron chi connectivity index (χ3n) is 2.90. The van der Waals surface area contributed by atoms with Crippen molar-refractivity contribution >= 4 is 17.6 Å². The largest absolute Gasteiger partial charge is 0.494 e. The molecule has 0 saturated carbocycles. The normalized spacial score (nSPS) is 10.1. The Bertz CT molecular complexity index is 642. The predicted molar refractivity (Wildman–Crippen MR) is 83.6 cm³/mol. The number of benzene rings is 1. The lowest BCUT2D eigenvalue weighted by atomic mass is 10.2. The summed E-state index contributed by atoms with van der Waals surface area (Å²) >= 11 is 0. The number of ether oxygens (including phenoxy) is 2. The minimum atomic E-state index is -0.410. The van der Waals surface area contributed by atoms with E-state index in [-0.39, 0.29) is 0 Å². The second kappa shape index (κ2) is 7.40. The first kappa shape index (κ1) is 15.8. The standard InChI is InChI=1S/C16H19N3O3/c1-4-21-13-8-6-12(7-9-13)19-16-17-10-14(11(3)18-16)15(20)22-5-2/h6-10H,4-5H2,1-3H3,(H,17,18,19). The van der Waals surface area contributed by atoms with Gasteiger partial charge in [-0.1, -0.05) is 0 Å². The maximum Gasteiger partial charge on any atom is 0.341 e. The molecular formula is C16H19N3O3. The van der Waals surface area contributed by atoms with Crippen molar-refractivity contribution in [2.45, 2.75) is 20.8 Å². The average Bonchev–Trinajstić information content (AvgIpc) is 2.50. The maximum atomic E-state index is 11.7. The molecule has 0 aliphatic rings. The summed E-state index contributed by atoms with van der Waals surface area (Å²) in [5.74, 6) is 0.824. The highest BCUT2D eigenvalue weighted by atomic mass is 16.5. The Hall–Kier alpha value is -2.63. The first-order valence-electron chi connectivity index (χ1n) is 7.14. The van der Waals surface area contributed by atoms with Crippen LogP contribution in [-0.2, 0) is 4.74 Å². The zero-order valence-corrected chi connectivity index (χ0v) is 12.9. The summed E-state index contributed by atoms with van der Waals surface area (Å²) in [4.78, 5) is 20.1. The minimum Gasteiger partial charge on any atom is -0.494 e. The molecule has 0 amide bonds. The van der Waals surface area contributed by atoms with Gasteiger partial charge in [0.1, 0.15) is 5.75 Å². The van der Waals surface area contributed by atoms with Gasteiger partial charge in [0, 0.05) is 11.9 Å². The lowest BCUT2D eigenvalue weighted by Gasteiger charge is -2.09. The molecule has 0 radical (unpaired) electrons. The number of nitrogens with one attached hydrogen (secondary N) is 1. The van der Waals surface area contributed by atoms with Gasteiger partial charge >= 0.3 is 5.97 Å². The molecule has 0 atom stereocenters. The molecule has 0 aliphatic carbocycles. The molecule has 6 nitrogen and oxygen atoms in total. The molecule has 0 fully saturated rings. The van der Waals surface area contributed by atoms with E-state index in [1.54, 1.807) is 13.8 Å². The number of carbonyl (C=O) groups excluding carboxylic acids is 1. The number of aryl methyl sites for hydroxylation is 1. The molecule has 1 heterocycles. The Morgan fingerprint density at radius 2 is 1.91 bits per heavy atom. The van der Waals surface area contributed by atoms with Crippen molar-refractivity contribution < 1.29 is 14.3 Å². The van der Waals surface area contributed by atoms with E-state index in [4.69, 9.17) is 9.47 Å². The summed E-state index contributed by atoms with van der Waals surface area (Å²) < 4.78 is 10.3. The van der Waals surface area contributed by atoms with Crippen LogP contribution < -0.4 is 10.1 Å². The third kappa shape index (κ3) is 3.94. The van der Waals surface area contributed by atoms with Crippen molar-refractivity contribution in [2.24, 2.45) is 0 Å². The Labute approximate surface area is 129 Å². The number of carbonyl (C=O) groups is 1. The highest BCUT2D eigenvalue weighted by molar-refractivity contribution is 5.90. The van der Waals surface area contributed by atoms with Crippen molar-refractivity contribution in [3.05, 3.63) is 41.7 Å². The molecule has 22 heavy (non-hydrogen) atoms. The fourth-order valence-corrected chi connectivity index (χ4v) is 1.87. The molecule has 0 spiro atoms. The molecule has 0 saturated heterocycles. The summed E-state index contributed by atoms with van der Waals surface area (Å²) in [5.41, 5.74) is 1.78. The molecule has 2 rings (SSSR count). The molecule has 116 valence electrons. The van der Waals surface area contributed by atoms with Crippen LogP contribution in [0, 0.1) is 6.92 Å². The highest BCUT2D eigenvalue weighted by Crippen LogP contribution is 2.18. The van der Waals surface area contributed by atoms with Gasteiger partial charge in [0.15, 0.2) is 0 Å². The van der Waals surface area contributed by atoms with Gasteiger partial charge in [-0.2, -0.15) is 0 Å². The van der Waals surface area contributed by atoms with Gasteiger partial charge in [-0.25, -0.2) is 14.8 Å². The SMILES string of the molecule is CCOC(=O)c1cnc(Nc2ccc(OCC)cc2)nc1C. The Morgan fingerprint density at radius 3 is 2.50 bits per heavy atom. The number of hydrogen-bond donors (Lipinski definition) is 1. The highest BCUT2D eigenvalue weighted by Gasteiger charge is 2.12. The first-order chi connectivity index (χ1) is 10.6. The van der Waals surface area contributed by atoms with Gasteiger partial charge in [-0.05, 0) is 45.0 Å². The summed E-state index contributed by atoms with van der Waals surface area (Å²) in [6.07, 6.45) is 1.47. The topological polar surface area (TPSA) is 73.3 Å². The van der Waals surface area contributed by atoms with E-state index in [1.807, 2.05) is 31.2 Å². The number of hydrogen-bond acceptors (Lipinski definition) is 6. The first-order valence-corrected chi connectivity index (χ1v) is 7.14. The van der Waals surface area contributed by atoms with Crippen molar-refractivity contribution in [1.29, 1.82) is 0 Å². The van der Waals surface area contributed by atoms with Crippen LogP contribution in [0.2, 0.25) is 0 Å². The molecule has 1 N–H and O–H groups in total. The lowest BCUT2D eigenvalue weighted by Crippen LogP contribution is -2.10. The summed E-state index contributed by atoms with van der Waals surface area (Å²) in [7, 11) is 0. The van der Waals surface area contributed by atoms with Crippen LogP contribution in [0.3, 0.4) is 0 Å². The number of rotatable bonds is 6. The fourth-order valence-electron chi connectivity index (χ4n) is 1.87. The van der Waals surface area contributed by atoms with Crippen molar-refractivity contribution in [3.63, 3.8) is 0 Å². The van der Waals surface area contributed by atoms with E-state index in [0.717, 1.165) is 11.4 Å². The molecule has 6 heteroatoms. The van der Waals surface area contributed by atoms with Crippen LogP contribution in [0.15, 0.2) is 30.5 Å². The summed E-state index contributed by atoms with van der Waals surface area (Å²) in [6, 6.07) is 7.49. The van der Waals surface area contributed by atoms with Crippen LogP contribution in [0.1, 0.15) is 29.9 Å². The van der Waals surface area contributed by atoms with Crippen LogP contribution in [-0.4, -0.2) is 29.2 Å². The maximum absolute atomic E-state index is 11.7. The third-order valence-corrected chi connectivity index (χ3v) is 2.90. The molecule has 2 aromatic rings. The molecule has 0 aliphatic heterocycles. The van der Waals surface area contributed by atoms with Gasteiger partial charge in [-0.15, -0.1) is 0 Å². The van der Waals surface area contributed by atoms with Crippen molar-refractivity contribution in [2.75, 3.05) is 18.5 Å². The van der Waals surface area contributed by atoms with Crippen molar-refractivity contribution in [3.8, 4) is 5.75 Å². The quantitative estimate of drug-likeness (QED) is 0.826. The van der Waals surface area contributed by atoms with E-state index in [2.05, 4.69) is 15.3 Å². The van der Waals surface area contributed by atoms with Gasteiger partial charge in [0.05, 0.1) is 24.5 Å². The van der Waals surface area contributed by atoms with Crippen LogP contribution in [0.4, 0.5) is 11.6 Å². The van der Waals surface area contributed by atoms with E-state index < -0.39 is 5.97 Å². The average molecular weight is 301 g/mol. The van der Waals surface area contributed by atoms with Gasteiger partial charge < -0.3 is 14.8 Å². The summed E-state index contributed by atoms with van der Waals surface area (Å²) in [5, 5.41) is 3.08. The lowest BCUT2D eigenvalue weighted by molar-refractivity contribution is 0.0524. The van der Waals surface area contributed by atoms with Crippen LogP contribution in [0.5, 0.6) is 5.75 Å². The molecular weight excluding hydrogens is 282 g/mol. The van der Waals surface area contributed by atoms with E-state index in [1.165, 1.54) is 6.20 Å². The van der Waals surface area contributed by atoms with Crippen LogP contribution >= 0.6 is 0 Å². The summed E-state index contributed by atoms with van der Waals surface area (Å²) in [6.45, 7) is 6.40.